The van der Waals surface area contributed by atoms with E-state index < -0.39 is 89.2 Å². The van der Waals surface area contributed by atoms with Crippen LogP contribution in [0.4, 0.5) is 23.1 Å². The number of benzene rings is 2. The number of nitrogens with two attached hydrogens (primary N) is 1. The van der Waals surface area contributed by atoms with Crippen molar-refractivity contribution in [2.45, 2.75) is 18.7 Å². The highest BCUT2D eigenvalue weighted by Gasteiger charge is 2.14. The summed E-state index contributed by atoms with van der Waals surface area (Å²) in [6.07, 6.45) is -0.549. The summed E-state index contributed by atoms with van der Waals surface area (Å²) in [5.74, 6) is -0.967. The predicted octanol–water partition coefficient (Wildman–Crippen LogP) is 3.14. The molecule has 0 aliphatic carbocycles. The van der Waals surface area contributed by atoms with Crippen molar-refractivity contribution >= 4 is 44.1 Å². The van der Waals surface area contributed by atoms with E-state index in [0.717, 1.165) is 6.07 Å². The Kier molecular flexibility index (Phi) is 2.51. The van der Waals surface area contributed by atoms with Crippen molar-refractivity contribution in [3.8, 4) is 0 Å². The summed E-state index contributed by atoms with van der Waals surface area (Å²) in [5, 5.41) is 11.0. The van der Waals surface area contributed by atoms with Gasteiger partial charge in [-0.25, -0.2) is 18.5 Å². The van der Waals surface area contributed by atoms with Gasteiger partial charge in [-0.05, 0) is 55.7 Å². The Bertz CT molecular complexity index is 1900. The molecule has 3 N–H and O–H groups in total. The smallest absolute Gasteiger partial charge is 0.238 e. The zero-order valence-electron chi connectivity index (χ0n) is 28.8. The molecule has 2 aromatic carbocycles. The Morgan fingerprint density at radius 2 is 2.16 bits per heavy atom. The van der Waals surface area contributed by atoms with Crippen LogP contribution in [-0.4, -0.2) is 35.1 Å². The molecule has 0 fully saturated rings. The molecule has 0 radical (unpaired) electrons. The second-order valence-electron chi connectivity index (χ2n) is 6.37. The average Bonchev–Trinajstić information content (AvgIpc) is 3.27. The van der Waals surface area contributed by atoms with Crippen LogP contribution in [0.15, 0.2) is 53.5 Å². The second kappa shape index (κ2) is 7.64. The Morgan fingerprint density at radius 1 is 1.29 bits per heavy atom. The summed E-state index contributed by atoms with van der Waals surface area (Å²) < 4.78 is 129. The van der Waals surface area contributed by atoms with E-state index in [-0.39, 0.29) is 15.3 Å². The maximum absolute atomic E-state index is 11.9. The van der Waals surface area contributed by atoms with Crippen molar-refractivity contribution in [3.05, 3.63) is 59.8 Å². The highest BCUT2D eigenvalue weighted by molar-refractivity contribution is 7.89. The van der Waals surface area contributed by atoms with Crippen LogP contribution in [0.2, 0.25) is 0 Å². The van der Waals surface area contributed by atoms with Gasteiger partial charge in [0.2, 0.25) is 16.0 Å². The largest absolute Gasteiger partial charge is 0.329 e. The molecule has 10 heteroatoms. The number of hydrogen-bond donors (Lipinski definition) is 2. The first-order chi connectivity index (χ1) is 19.9. The molecule has 4 aromatic rings. The normalized spacial score (nSPS) is 19.0. The predicted molar refractivity (Wildman–Crippen MR) is 121 cm³/mol. The molecule has 0 aliphatic heterocycles. The number of nitrogens with zero attached hydrogens (tertiary/aromatic N) is 5. The van der Waals surface area contributed by atoms with Crippen LogP contribution < -0.4 is 15.4 Å². The first kappa shape index (κ1) is 10.2. The maximum atomic E-state index is 11.9. The van der Waals surface area contributed by atoms with Crippen LogP contribution >= 0.6 is 0 Å². The van der Waals surface area contributed by atoms with E-state index in [1.807, 2.05) is 0 Å². The zero-order valence-corrected chi connectivity index (χ0v) is 16.7. The fourth-order valence-corrected chi connectivity index (χ4v) is 3.52. The van der Waals surface area contributed by atoms with Crippen LogP contribution in [0.3, 0.4) is 0 Å². The minimum Gasteiger partial charge on any atom is -0.329 e. The van der Waals surface area contributed by atoms with Crippen molar-refractivity contribution in [2.24, 2.45) is 12.1 Å². The fraction of sp³-hybridized carbons (Fsp3) is 0.190. The van der Waals surface area contributed by atoms with E-state index in [1.165, 1.54) is 25.1 Å². The quantitative estimate of drug-likeness (QED) is 0.479. The minimum absolute atomic E-state index is 0.0984. The van der Waals surface area contributed by atoms with Gasteiger partial charge in [0.15, 0.2) is 0 Å². The van der Waals surface area contributed by atoms with Crippen molar-refractivity contribution < 1.29 is 26.2 Å². The SMILES string of the molecule is [2H]c1cc(N(c2c([2H])c([2H])c3c(C([2H])([2H])[2H])n(C([2H])([2H])[2H])nc3c2[2H])C([2H])([2H])[2H])nc(Nc2ccc(C)c(S(N)(=O)=O)c2)n1. The number of rotatable bonds is 5. The van der Waals surface area contributed by atoms with Crippen LogP contribution in [0, 0.1) is 13.8 Å². The van der Waals surface area contributed by atoms with Crippen molar-refractivity contribution in [3.63, 3.8) is 0 Å². The third kappa shape index (κ3) is 4.07. The van der Waals surface area contributed by atoms with Crippen LogP contribution in [0.25, 0.3) is 10.9 Å². The molecule has 31 heavy (non-hydrogen) atoms. The number of hydrogen-bond acceptors (Lipinski definition) is 7. The van der Waals surface area contributed by atoms with Gasteiger partial charge in [0.1, 0.15) is 5.82 Å². The van der Waals surface area contributed by atoms with Gasteiger partial charge in [0.05, 0.1) is 15.9 Å². The van der Waals surface area contributed by atoms with E-state index in [1.54, 1.807) is 0 Å². The molecule has 0 spiro atoms. The summed E-state index contributed by atoms with van der Waals surface area (Å²) in [7, 11) is -4.12. The van der Waals surface area contributed by atoms with Crippen molar-refractivity contribution in [2.75, 3.05) is 17.2 Å². The number of primary sulfonamides is 1. The number of fused-ring (bicyclic) bond motifs is 1. The van der Waals surface area contributed by atoms with E-state index in [2.05, 4.69) is 20.4 Å². The molecule has 9 nitrogen and oxygen atoms in total. The molecule has 0 aliphatic rings. The van der Waals surface area contributed by atoms with Gasteiger partial charge in [-0.1, -0.05) is 6.07 Å². The molecule has 0 saturated heterocycles. The molecule has 160 valence electrons. The third-order valence-electron chi connectivity index (χ3n) is 4.22. The summed E-state index contributed by atoms with van der Waals surface area (Å²) in [6.45, 7) is -8.04. The first-order valence-electron chi connectivity index (χ1n) is 15.0. The summed E-state index contributed by atoms with van der Waals surface area (Å²) in [4.78, 5) is 8.10. The highest BCUT2D eigenvalue weighted by atomic mass is 32.2. The summed E-state index contributed by atoms with van der Waals surface area (Å²) in [5.41, 5.74) is -1.96. The molecule has 0 amide bonds. The molecule has 0 atom stereocenters. The number of sulfonamides is 1. The van der Waals surface area contributed by atoms with Crippen LogP contribution in [0.5, 0.6) is 0 Å². The Hall–Kier alpha value is -3.50. The van der Waals surface area contributed by atoms with E-state index in [9.17, 15) is 8.42 Å². The van der Waals surface area contributed by atoms with Gasteiger partial charge in [-0.15, -0.1) is 0 Å². The van der Waals surface area contributed by atoms with Gasteiger partial charge in [0, 0.05) is 54.9 Å². The molecule has 0 unspecified atom stereocenters. The van der Waals surface area contributed by atoms with E-state index >= 15 is 0 Å². The van der Waals surface area contributed by atoms with Crippen molar-refractivity contribution in [1.82, 2.24) is 19.7 Å². The van der Waals surface area contributed by atoms with Gasteiger partial charge in [0.25, 0.3) is 0 Å². The second-order valence-corrected chi connectivity index (χ2v) is 7.90. The van der Waals surface area contributed by atoms with Gasteiger partial charge < -0.3 is 10.2 Å². The molecule has 4 rings (SSSR count). The third-order valence-corrected chi connectivity index (χ3v) is 5.27. The standard InChI is InChI=1S/C21H23N7O2S/c1-13-5-6-15(11-19(13)31(22,29)30)24-21-23-10-9-20(25-21)27(3)16-7-8-17-14(2)28(4)26-18(17)12-16/h5-12H,1-4H3,(H2,22,29,30)(H,23,24,25)/i2D3,3D3,4D3,7D,8D,10D,12D. The molecular weight excluding hydrogens is 414 g/mol. The molecule has 0 bridgehead atoms. The topological polar surface area (TPSA) is 119 Å². The summed E-state index contributed by atoms with van der Waals surface area (Å²) >= 11 is 0. The van der Waals surface area contributed by atoms with Gasteiger partial charge >= 0.3 is 0 Å². The monoisotopic (exact) mass is 450 g/mol. The Balaban J connectivity index is 1.97. The van der Waals surface area contributed by atoms with E-state index in [4.69, 9.17) is 23.0 Å². The number of aryl methyl sites for hydroxylation is 3. The van der Waals surface area contributed by atoms with Crippen LogP contribution in [0.1, 0.15) is 29.1 Å². The lowest BCUT2D eigenvalue weighted by atomic mass is 10.2. The molecule has 0 saturated carbocycles. The number of aromatic nitrogens is 4. The highest BCUT2D eigenvalue weighted by Crippen LogP contribution is 2.28. The zero-order chi connectivity index (χ0) is 33.3. The molecule has 2 heterocycles. The van der Waals surface area contributed by atoms with Crippen molar-refractivity contribution in [1.29, 1.82) is 0 Å². The van der Waals surface area contributed by atoms with E-state index in [0.29, 0.717) is 10.5 Å². The lowest BCUT2D eigenvalue weighted by molar-refractivity contribution is 0.597. The number of anilines is 4. The molecular formula is C21H23N7O2S. The maximum Gasteiger partial charge on any atom is 0.238 e. The number of nitrogens with one attached hydrogen (secondary N) is 1. The minimum atomic E-state index is -4.12. The van der Waals surface area contributed by atoms with Crippen LogP contribution in [-0.2, 0) is 17.0 Å². The van der Waals surface area contributed by atoms with Gasteiger partial charge in [-0.3, -0.25) is 4.68 Å². The first-order valence-corrected chi connectivity index (χ1v) is 10.1. The molecule has 2 aromatic heterocycles. The summed E-state index contributed by atoms with van der Waals surface area (Å²) in [6, 6.07) is 2.17. The Morgan fingerprint density at radius 3 is 2.90 bits per heavy atom. The van der Waals surface area contributed by atoms with Gasteiger partial charge in [-0.2, -0.15) is 10.1 Å². The Labute approximate surface area is 198 Å². The lowest BCUT2D eigenvalue weighted by Gasteiger charge is -2.19. The fourth-order valence-electron chi connectivity index (χ4n) is 2.72. The average molecular weight is 451 g/mol. The lowest BCUT2D eigenvalue weighted by Crippen LogP contribution is -2.14.